The Labute approximate surface area is 147 Å². The maximum Gasteiger partial charge on any atom is 0.227 e. The Morgan fingerprint density at radius 2 is 1.76 bits per heavy atom. The smallest absolute Gasteiger partial charge is 0.227 e. The largest absolute Gasteiger partial charge is 0.497 e. The first-order valence-corrected chi connectivity index (χ1v) is 8.55. The molecule has 0 fully saturated rings. The summed E-state index contributed by atoms with van der Waals surface area (Å²) in [5.41, 5.74) is 3.40. The van der Waals surface area contributed by atoms with Crippen LogP contribution in [0.4, 0.5) is 0 Å². The van der Waals surface area contributed by atoms with Crippen LogP contribution in [0.1, 0.15) is 16.7 Å². The quantitative estimate of drug-likeness (QED) is 0.862. The predicted molar refractivity (Wildman–Crippen MR) is 93.3 cm³/mol. The summed E-state index contributed by atoms with van der Waals surface area (Å²) in [7, 11) is 1.64. The van der Waals surface area contributed by atoms with E-state index >= 15 is 0 Å². The van der Waals surface area contributed by atoms with Gasteiger partial charge in [0.2, 0.25) is 5.91 Å². The van der Waals surface area contributed by atoms with Crippen LogP contribution < -0.4 is 14.2 Å². The van der Waals surface area contributed by atoms with Crippen LogP contribution >= 0.6 is 0 Å². The van der Waals surface area contributed by atoms with Crippen LogP contribution in [0, 0.1) is 0 Å². The molecular weight excluding hydrogens is 318 g/mol. The first kappa shape index (κ1) is 15.8. The number of carbonyl (C=O) groups is 1. The van der Waals surface area contributed by atoms with Gasteiger partial charge in [-0.05, 0) is 47.4 Å². The molecule has 2 aliphatic rings. The molecule has 4 rings (SSSR count). The van der Waals surface area contributed by atoms with Crippen LogP contribution in [0.3, 0.4) is 0 Å². The second-order valence-electron chi connectivity index (χ2n) is 6.35. The minimum absolute atomic E-state index is 0.144. The highest BCUT2D eigenvalue weighted by atomic mass is 16.6. The van der Waals surface area contributed by atoms with Crippen molar-refractivity contribution in [3.8, 4) is 17.2 Å². The molecule has 0 atom stereocenters. The van der Waals surface area contributed by atoms with Crippen LogP contribution in [-0.4, -0.2) is 37.7 Å². The molecule has 0 bridgehead atoms. The van der Waals surface area contributed by atoms with Gasteiger partial charge in [-0.15, -0.1) is 0 Å². The van der Waals surface area contributed by atoms with Gasteiger partial charge in [0.15, 0.2) is 11.5 Å². The van der Waals surface area contributed by atoms with Gasteiger partial charge in [0.25, 0.3) is 0 Å². The molecule has 25 heavy (non-hydrogen) atoms. The summed E-state index contributed by atoms with van der Waals surface area (Å²) in [4.78, 5) is 14.6. The van der Waals surface area contributed by atoms with E-state index in [2.05, 4.69) is 6.07 Å². The van der Waals surface area contributed by atoms with Gasteiger partial charge in [0.05, 0.1) is 13.5 Å². The number of amides is 1. The van der Waals surface area contributed by atoms with E-state index in [0.29, 0.717) is 26.2 Å². The van der Waals surface area contributed by atoms with Gasteiger partial charge in [0.1, 0.15) is 19.0 Å². The lowest BCUT2D eigenvalue weighted by Gasteiger charge is -2.30. The Balaban J connectivity index is 1.46. The van der Waals surface area contributed by atoms with Crippen molar-refractivity contribution < 1.29 is 19.0 Å². The number of rotatable bonds is 3. The zero-order valence-electron chi connectivity index (χ0n) is 14.3. The summed E-state index contributed by atoms with van der Waals surface area (Å²) in [6, 6.07) is 11.7. The molecule has 5 heteroatoms. The highest BCUT2D eigenvalue weighted by molar-refractivity contribution is 5.79. The summed E-state index contributed by atoms with van der Waals surface area (Å²) in [6.07, 6.45) is 1.25. The fourth-order valence-electron chi connectivity index (χ4n) is 3.34. The van der Waals surface area contributed by atoms with Crippen LogP contribution in [0.5, 0.6) is 17.2 Å². The maximum absolute atomic E-state index is 12.7. The summed E-state index contributed by atoms with van der Waals surface area (Å²) in [5.74, 6) is 2.55. The van der Waals surface area contributed by atoms with Gasteiger partial charge in [0, 0.05) is 13.1 Å². The molecule has 2 aromatic carbocycles. The van der Waals surface area contributed by atoms with Crippen molar-refractivity contribution >= 4 is 5.91 Å². The maximum atomic E-state index is 12.7. The van der Waals surface area contributed by atoms with E-state index in [1.807, 2.05) is 35.2 Å². The molecule has 0 aliphatic carbocycles. The van der Waals surface area contributed by atoms with Crippen LogP contribution in [0.15, 0.2) is 36.4 Å². The number of fused-ring (bicyclic) bond motifs is 2. The highest BCUT2D eigenvalue weighted by Crippen LogP contribution is 2.35. The van der Waals surface area contributed by atoms with Gasteiger partial charge in [-0.3, -0.25) is 4.79 Å². The third-order valence-corrected chi connectivity index (χ3v) is 4.74. The molecule has 5 nitrogen and oxygen atoms in total. The van der Waals surface area contributed by atoms with E-state index in [0.717, 1.165) is 41.3 Å². The van der Waals surface area contributed by atoms with Crippen molar-refractivity contribution in [1.29, 1.82) is 0 Å². The molecule has 0 aromatic heterocycles. The number of hydrogen-bond donors (Lipinski definition) is 0. The van der Waals surface area contributed by atoms with Gasteiger partial charge in [-0.2, -0.15) is 0 Å². The molecule has 0 unspecified atom stereocenters. The lowest BCUT2D eigenvalue weighted by atomic mass is 9.98. The number of hydrogen-bond acceptors (Lipinski definition) is 4. The number of ether oxygens (including phenoxy) is 3. The van der Waals surface area contributed by atoms with Crippen LogP contribution in [0.2, 0.25) is 0 Å². The molecule has 0 saturated heterocycles. The molecule has 0 saturated carbocycles. The van der Waals surface area contributed by atoms with Crippen LogP contribution in [-0.2, 0) is 24.2 Å². The van der Waals surface area contributed by atoms with E-state index in [4.69, 9.17) is 14.2 Å². The minimum atomic E-state index is 0.144. The zero-order chi connectivity index (χ0) is 17.2. The Morgan fingerprint density at radius 3 is 2.44 bits per heavy atom. The van der Waals surface area contributed by atoms with E-state index in [9.17, 15) is 4.79 Å². The van der Waals surface area contributed by atoms with Gasteiger partial charge in [-0.1, -0.05) is 12.1 Å². The Morgan fingerprint density at radius 1 is 1.08 bits per heavy atom. The second kappa shape index (κ2) is 6.67. The topological polar surface area (TPSA) is 48.0 Å². The third-order valence-electron chi connectivity index (χ3n) is 4.74. The summed E-state index contributed by atoms with van der Waals surface area (Å²) >= 11 is 0. The van der Waals surface area contributed by atoms with E-state index < -0.39 is 0 Å². The lowest BCUT2D eigenvalue weighted by Crippen LogP contribution is -2.37. The summed E-state index contributed by atoms with van der Waals surface area (Å²) in [5, 5.41) is 0. The molecule has 1 amide bonds. The summed E-state index contributed by atoms with van der Waals surface area (Å²) in [6.45, 7) is 2.53. The zero-order valence-corrected chi connectivity index (χ0v) is 14.3. The molecular formula is C20H21NO4. The van der Waals surface area contributed by atoms with Crippen molar-refractivity contribution in [2.75, 3.05) is 26.9 Å². The molecule has 2 aromatic rings. The van der Waals surface area contributed by atoms with Gasteiger partial charge in [-0.25, -0.2) is 0 Å². The molecule has 2 aliphatic heterocycles. The average Bonchev–Trinajstić information content (AvgIpc) is 2.66. The average molecular weight is 339 g/mol. The standard InChI is InChI=1S/C20H21NO4/c1-23-17-4-2-14(3-5-17)10-20(22)21-7-6-15-11-18-19(12-16(15)13-21)25-9-8-24-18/h2-5,11-12H,6-10,13H2,1H3. The van der Waals surface area contributed by atoms with Crippen LogP contribution in [0.25, 0.3) is 0 Å². The summed E-state index contributed by atoms with van der Waals surface area (Å²) < 4.78 is 16.5. The van der Waals surface area contributed by atoms with Gasteiger partial charge >= 0.3 is 0 Å². The third kappa shape index (κ3) is 3.27. The Hall–Kier alpha value is -2.69. The molecule has 130 valence electrons. The Bertz CT molecular complexity index is 785. The lowest BCUT2D eigenvalue weighted by molar-refractivity contribution is -0.131. The predicted octanol–water partition coefficient (Wildman–Crippen LogP) is 2.59. The highest BCUT2D eigenvalue weighted by Gasteiger charge is 2.24. The Kier molecular flexibility index (Phi) is 4.22. The SMILES string of the molecule is COc1ccc(CC(=O)N2CCc3cc4c(cc3C2)OCCO4)cc1. The second-order valence-corrected chi connectivity index (χ2v) is 6.35. The molecule has 0 spiro atoms. The number of carbonyl (C=O) groups excluding carboxylic acids is 1. The van der Waals surface area contributed by atoms with E-state index in [1.54, 1.807) is 7.11 Å². The fourth-order valence-corrected chi connectivity index (χ4v) is 3.34. The van der Waals surface area contributed by atoms with Crippen molar-refractivity contribution in [3.05, 3.63) is 53.1 Å². The first-order valence-electron chi connectivity index (χ1n) is 8.55. The normalized spacial score (nSPS) is 15.5. The van der Waals surface area contributed by atoms with Crippen molar-refractivity contribution in [3.63, 3.8) is 0 Å². The van der Waals surface area contributed by atoms with Crippen molar-refractivity contribution in [2.45, 2.75) is 19.4 Å². The van der Waals surface area contributed by atoms with Crippen molar-refractivity contribution in [1.82, 2.24) is 4.90 Å². The number of methoxy groups -OCH3 is 1. The number of benzene rings is 2. The van der Waals surface area contributed by atoms with E-state index in [1.165, 1.54) is 5.56 Å². The minimum Gasteiger partial charge on any atom is -0.497 e. The molecule has 0 N–H and O–H groups in total. The molecule has 0 radical (unpaired) electrons. The van der Waals surface area contributed by atoms with Crippen molar-refractivity contribution in [2.24, 2.45) is 0 Å². The number of nitrogens with zero attached hydrogens (tertiary/aromatic N) is 1. The van der Waals surface area contributed by atoms with E-state index in [-0.39, 0.29) is 5.91 Å². The monoisotopic (exact) mass is 339 g/mol. The van der Waals surface area contributed by atoms with Gasteiger partial charge < -0.3 is 19.1 Å². The molecule has 2 heterocycles. The first-order chi connectivity index (χ1) is 12.2. The fraction of sp³-hybridized carbons (Fsp3) is 0.350.